The molecular formula is C22H30N6O2. The van der Waals surface area contributed by atoms with Crippen LogP contribution >= 0.6 is 0 Å². The zero-order chi connectivity index (χ0) is 20.9. The van der Waals surface area contributed by atoms with Gasteiger partial charge in [0.25, 0.3) is 5.91 Å². The SMILES string of the molecule is Cc1c(C(=O)Nc2cccc(NC(=O)C3CCCCC3)c2)nnn1C1CCNCC1. The van der Waals surface area contributed by atoms with Crippen LogP contribution in [0.2, 0.25) is 0 Å². The van der Waals surface area contributed by atoms with Crippen LogP contribution in [-0.4, -0.2) is 39.9 Å². The normalized spacial score (nSPS) is 18.2. The van der Waals surface area contributed by atoms with Crippen LogP contribution in [0, 0.1) is 12.8 Å². The average molecular weight is 411 g/mol. The number of carbonyl (C=O) groups is 2. The molecule has 30 heavy (non-hydrogen) atoms. The smallest absolute Gasteiger partial charge is 0.278 e. The summed E-state index contributed by atoms with van der Waals surface area (Å²) in [5, 5.41) is 17.6. The fourth-order valence-corrected chi connectivity index (χ4v) is 4.42. The Labute approximate surface area is 176 Å². The maximum absolute atomic E-state index is 12.8. The van der Waals surface area contributed by atoms with Gasteiger partial charge in [-0.3, -0.25) is 9.59 Å². The maximum atomic E-state index is 12.8. The molecular weight excluding hydrogens is 380 g/mol. The van der Waals surface area contributed by atoms with E-state index >= 15 is 0 Å². The highest BCUT2D eigenvalue weighted by Gasteiger charge is 2.23. The van der Waals surface area contributed by atoms with Gasteiger partial charge in [0.05, 0.1) is 11.7 Å². The Kier molecular flexibility index (Phi) is 6.42. The topological polar surface area (TPSA) is 101 Å². The average Bonchev–Trinajstić information content (AvgIpc) is 3.16. The van der Waals surface area contributed by atoms with E-state index in [1.54, 1.807) is 12.1 Å². The number of carbonyl (C=O) groups excluding carboxylic acids is 2. The zero-order valence-corrected chi connectivity index (χ0v) is 17.5. The first kappa shape index (κ1) is 20.5. The number of anilines is 2. The molecule has 8 heteroatoms. The van der Waals surface area contributed by atoms with Crippen LogP contribution < -0.4 is 16.0 Å². The Bertz CT molecular complexity index is 897. The molecule has 4 rings (SSSR count). The third-order valence-electron chi connectivity index (χ3n) is 6.16. The second-order valence-electron chi connectivity index (χ2n) is 8.31. The van der Waals surface area contributed by atoms with Crippen LogP contribution in [0.1, 0.15) is 67.2 Å². The minimum Gasteiger partial charge on any atom is -0.326 e. The van der Waals surface area contributed by atoms with Gasteiger partial charge in [0.2, 0.25) is 5.91 Å². The van der Waals surface area contributed by atoms with E-state index in [2.05, 4.69) is 26.3 Å². The van der Waals surface area contributed by atoms with Crippen LogP contribution in [0.5, 0.6) is 0 Å². The third kappa shape index (κ3) is 4.70. The lowest BCUT2D eigenvalue weighted by Gasteiger charge is -2.23. The summed E-state index contributed by atoms with van der Waals surface area (Å²) in [6.07, 6.45) is 7.31. The van der Waals surface area contributed by atoms with Gasteiger partial charge in [0.15, 0.2) is 5.69 Å². The first-order valence-corrected chi connectivity index (χ1v) is 11.0. The molecule has 2 aliphatic rings. The molecule has 2 aromatic rings. The van der Waals surface area contributed by atoms with Gasteiger partial charge in [-0.2, -0.15) is 0 Å². The zero-order valence-electron chi connectivity index (χ0n) is 17.5. The molecule has 3 N–H and O–H groups in total. The number of nitrogens with one attached hydrogen (secondary N) is 3. The van der Waals surface area contributed by atoms with Crippen molar-refractivity contribution in [3.05, 3.63) is 35.7 Å². The van der Waals surface area contributed by atoms with Crippen LogP contribution in [0.4, 0.5) is 11.4 Å². The number of amides is 2. The summed E-state index contributed by atoms with van der Waals surface area (Å²) < 4.78 is 1.87. The van der Waals surface area contributed by atoms with Crippen molar-refractivity contribution in [3.8, 4) is 0 Å². The van der Waals surface area contributed by atoms with E-state index in [0.717, 1.165) is 57.3 Å². The van der Waals surface area contributed by atoms with Crippen molar-refractivity contribution in [1.82, 2.24) is 20.3 Å². The fourth-order valence-electron chi connectivity index (χ4n) is 4.42. The second kappa shape index (κ2) is 9.38. The van der Waals surface area contributed by atoms with Crippen LogP contribution in [0.3, 0.4) is 0 Å². The molecule has 0 bridgehead atoms. The van der Waals surface area contributed by atoms with Crippen molar-refractivity contribution in [3.63, 3.8) is 0 Å². The number of hydrogen-bond acceptors (Lipinski definition) is 5. The van der Waals surface area contributed by atoms with Gasteiger partial charge in [-0.25, -0.2) is 4.68 Å². The summed E-state index contributed by atoms with van der Waals surface area (Å²) in [6.45, 7) is 3.79. The van der Waals surface area contributed by atoms with E-state index in [1.165, 1.54) is 6.42 Å². The summed E-state index contributed by atoms with van der Waals surface area (Å²) >= 11 is 0. The first-order valence-electron chi connectivity index (χ1n) is 11.0. The van der Waals surface area contributed by atoms with Crippen molar-refractivity contribution in [2.24, 2.45) is 5.92 Å². The highest BCUT2D eigenvalue weighted by molar-refractivity contribution is 6.04. The monoisotopic (exact) mass is 410 g/mol. The van der Waals surface area contributed by atoms with Crippen LogP contribution in [0.15, 0.2) is 24.3 Å². The molecule has 1 saturated heterocycles. The summed E-state index contributed by atoms with van der Waals surface area (Å²) in [6, 6.07) is 7.53. The Morgan fingerprint density at radius 1 is 1.03 bits per heavy atom. The number of aromatic nitrogens is 3. The van der Waals surface area contributed by atoms with Crippen LogP contribution in [-0.2, 0) is 4.79 Å². The molecule has 2 amide bonds. The van der Waals surface area contributed by atoms with Gasteiger partial charge >= 0.3 is 0 Å². The maximum Gasteiger partial charge on any atom is 0.278 e. The number of rotatable bonds is 5. The predicted molar refractivity (Wildman–Crippen MR) is 115 cm³/mol. The summed E-state index contributed by atoms with van der Waals surface area (Å²) in [5.74, 6) is -0.132. The lowest BCUT2D eigenvalue weighted by molar-refractivity contribution is -0.120. The van der Waals surface area contributed by atoms with E-state index in [9.17, 15) is 9.59 Å². The predicted octanol–water partition coefficient (Wildman–Crippen LogP) is 3.28. The number of nitrogens with zero attached hydrogens (tertiary/aromatic N) is 3. The minimum atomic E-state index is -0.288. The Balaban J connectivity index is 1.40. The van der Waals surface area contributed by atoms with E-state index in [4.69, 9.17) is 0 Å². The molecule has 2 fully saturated rings. The summed E-state index contributed by atoms with van der Waals surface area (Å²) in [4.78, 5) is 25.3. The number of piperidine rings is 1. The molecule has 0 unspecified atom stereocenters. The molecule has 1 aliphatic carbocycles. The van der Waals surface area contributed by atoms with Crippen molar-refractivity contribution < 1.29 is 9.59 Å². The molecule has 0 radical (unpaired) electrons. The Hall–Kier alpha value is -2.74. The van der Waals surface area contributed by atoms with Gasteiger partial charge in [-0.15, -0.1) is 5.10 Å². The van der Waals surface area contributed by atoms with Gasteiger partial charge in [0.1, 0.15) is 0 Å². The highest BCUT2D eigenvalue weighted by Crippen LogP contribution is 2.26. The Morgan fingerprint density at radius 2 is 1.73 bits per heavy atom. The summed E-state index contributed by atoms with van der Waals surface area (Å²) in [7, 11) is 0. The lowest BCUT2D eigenvalue weighted by Crippen LogP contribution is -2.30. The number of benzene rings is 1. The Morgan fingerprint density at radius 3 is 2.47 bits per heavy atom. The standard InChI is InChI=1S/C22H30N6O2/c1-15-20(26-27-28(15)19-10-12-23-13-11-19)22(30)25-18-9-5-8-17(14-18)24-21(29)16-6-3-2-4-7-16/h5,8-9,14,16,19,23H,2-4,6-7,10-13H2,1H3,(H,24,29)(H,25,30). The van der Waals surface area contributed by atoms with Crippen molar-refractivity contribution in [2.75, 3.05) is 23.7 Å². The fraction of sp³-hybridized carbons (Fsp3) is 0.545. The second-order valence-corrected chi connectivity index (χ2v) is 8.31. The molecule has 1 saturated carbocycles. The lowest BCUT2D eigenvalue weighted by atomic mass is 9.88. The molecule has 160 valence electrons. The summed E-state index contributed by atoms with van der Waals surface area (Å²) in [5.41, 5.74) is 2.43. The van der Waals surface area contributed by atoms with Crippen molar-refractivity contribution in [2.45, 2.75) is 57.9 Å². The molecule has 1 aromatic carbocycles. The molecule has 1 aliphatic heterocycles. The molecule has 2 heterocycles. The molecule has 8 nitrogen and oxygen atoms in total. The number of hydrogen-bond donors (Lipinski definition) is 3. The van der Waals surface area contributed by atoms with E-state index in [1.807, 2.05) is 23.7 Å². The highest BCUT2D eigenvalue weighted by atomic mass is 16.2. The van der Waals surface area contributed by atoms with Crippen molar-refractivity contribution >= 4 is 23.2 Å². The van der Waals surface area contributed by atoms with Crippen LogP contribution in [0.25, 0.3) is 0 Å². The van der Waals surface area contributed by atoms with E-state index in [-0.39, 0.29) is 23.8 Å². The van der Waals surface area contributed by atoms with Gasteiger partial charge in [-0.1, -0.05) is 30.5 Å². The molecule has 0 atom stereocenters. The molecule has 1 aromatic heterocycles. The van der Waals surface area contributed by atoms with E-state index < -0.39 is 0 Å². The largest absolute Gasteiger partial charge is 0.326 e. The van der Waals surface area contributed by atoms with Crippen molar-refractivity contribution in [1.29, 1.82) is 0 Å². The third-order valence-corrected chi connectivity index (χ3v) is 6.16. The van der Waals surface area contributed by atoms with Gasteiger partial charge in [0, 0.05) is 17.3 Å². The van der Waals surface area contributed by atoms with Gasteiger partial charge in [-0.05, 0) is 63.9 Å². The van der Waals surface area contributed by atoms with Gasteiger partial charge < -0.3 is 16.0 Å². The minimum absolute atomic E-state index is 0.0685. The van der Waals surface area contributed by atoms with E-state index in [0.29, 0.717) is 17.1 Å². The quantitative estimate of drug-likeness (QED) is 0.702. The molecule has 0 spiro atoms. The first-order chi connectivity index (χ1) is 14.6.